The lowest BCUT2D eigenvalue weighted by atomic mass is 9.87. The van der Waals surface area contributed by atoms with E-state index in [1.54, 1.807) is 6.21 Å². The number of ether oxygens (including phenoxy) is 1. The zero-order valence-electron chi connectivity index (χ0n) is 17.5. The van der Waals surface area contributed by atoms with Crippen molar-refractivity contribution in [3.05, 3.63) is 77.4 Å². The molecule has 3 rings (SSSR count). The number of fused-ring (bicyclic) bond motifs is 1. The summed E-state index contributed by atoms with van der Waals surface area (Å²) in [5.41, 5.74) is 5.31. The van der Waals surface area contributed by atoms with Crippen LogP contribution in [-0.4, -0.2) is 18.7 Å². The Morgan fingerprint density at radius 2 is 1.76 bits per heavy atom. The van der Waals surface area contributed by atoms with Crippen molar-refractivity contribution >= 4 is 22.9 Å². The smallest absolute Gasteiger partial charge is 0.271 e. The van der Waals surface area contributed by atoms with Gasteiger partial charge in [0.2, 0.25) is 0 Å². The van der Waals surface area contributed by atoms with Gasteiger partial charge in [-0.1, -0.05) is 70.2 Å². The number of benzene rings is 3. The lowest BCUT2D eigenvalue weighted by molar-refractivity contribution is 0.0955. The van der Waals surface area contributed by atoms with E-state index >= 15 is 0 Å². The summed E-state index contributed by atoms with van der Waals surface area (Å²) in [6.07, 6.45) is 2.58. The molecule has 0 aliphatic heterocycles. The Morgan fingerprint density at radius 3 is 2.45 bits per heavy atom. The third-order valence-corrected chi connectivity index (χ3v) is 4.77. The maximum Gasteiger partial charge on any atom is 0.271 e. The minimum absolute atomic E-state index is 0.0520. The third-order valence-electron chi connectivity index (χ3n) is 4.77. The molecule has 0 bridgehead atoms. The first-order valence-electron chi connectivity index (χ1n) is 9.98. The number of hydrazone groups is 1. The van der Waals surface area contributed by atoms with E-state index in [9.17, 15) is 4.79 Å². The maximum atomic E-state index is 12.5. The predicted molar refractivity (Wildman–Crippen MR) is 120 cm³/mol. The Labute approximate surface area is 172 Å². The van der Waals surface area contributed by atoms with Gasteiger partial charge in [0.05, 0.1) is 12.8 Å². The average molecular weight is 389 g/mol. The number of hydrogen-bond acceptors (Lipinski definition) is 3. The summed E-state index contributed by atoms with van der Waals surface area (Å²) < 4.78 is 5.88. The molecule has 3 aromatic rings. The Kier molecular flexibility index (Phi) is 6.32. The number of nitrogens with one attached hydrogen (secondary N) is 1. The number of carbonyl (C=O) groups is 1. The summed E-state index contributed by atoms with van der Waals surface area (Å²) in [5.74, 6) is 0.524. The van der Waals surface area contributed by atoms with Gasteiger partial charge in [0.1, 0.15) is 5.75 Å². The molecule has 0 heterocycles. The number of hydrogen-bond donors (Lipinski definition) is 1. The van der Waals surface area contributed by atoms with Crippen LogP contribution in [0.2, 0.25) is 0 Å². The van der Waals surface area contributed by atoms with E-state index in [1.807, 2.05) is 60.7 Å². The standard InChI is InChI=1S/C25H28N2O2/c1-5-16-29-23-15-12-18-8-6-7-9-21(18)22(23)17-26-27-24(28)19-10-13-20(14-11-19)25(2,3)4/h6-15,17H,5,16H2,1-4H3,(H,27,28)/b26-17-. The van der Waals surface area contributed by atoms with Crippen molar-refractivity contribution in [2.75, 3.05) is 6.61 Å². The summed E-state index contributed by atoms with van der Waals surface area (Å²) in [6, 6.07) is 19.7. The number of nitrogens with zero attached hydrogens (tertiary/aromatic N) is 1. The van der Waals surface area contributed by atoms with Crippen LogP contribution in [-0.2, 0) is 5.41 Å². The zero-order chi connectivity index (χ0) is 20.9. The summed E-state index contributed by atoms with van der Waals surface area (Å²) in [6.45, 7) is 9.14. The van der Waals surface area contributed by atoms with Crippen molar-refractivity contribution in [3.8, 4) is 5.75 Å². The molecule has 4 nitrogen and oxygen atoms in total. The van der Waals surface area contributed by atoms with E-state index in [0.717, 1.165) is 28.5 Å². The zero-order valence-corrected chi connectivity index (χ0v) is 17.5. The molecule has 0 saturated heterocycles. The van der Waals surface area contributed by atoms with Crippen molar-refractivity contribution in [1.29, 1.82) is 0 Å². The van der Waals surface area contributed by atoms with Gasteiger partial charge in [-0.25, -0.2) is 5.43 Å². The largest absolute Gasteiger partial charge is 0.493 e. The normalized spacial score (nSPS) is 11.7. The molecule has 1 amide bonds. The monoisotopic (exact) mass is 388 g/mol. The number of amides is 1. The fourth-order valence-corrected chi connectivity index (χ4v) is 3.09. The van der Waals surface area contributed by atoms with Crippen molar-refractivity contribution < 1.29 is 9.53 Å². The molecule has 1 N–H and O–H groups in total. The van der Waals surface area contributed by atoms with Gasteiger partial charge in [0.25, 0.3) is 5.91 Å². The fraction of sp³-hybridized carbons (Fsp3) is 0.280. The van der Waals surface area contributed by atoms with Gasteiger partial charge in [-0.3, -0.25) is 4.79 Å². The van der Waals surface area contributed by atoms with Crippen molar-refractivity contribution in [1.82, 2.24) is 5.43 Å². The molecular formula is C25H28N2O2. The molecule has 0 radical (unpaired) electrons. The summed E-state index contributed by atoms with van der Waals surface area (Å²) in [7, 11) is 0. The quantitative estimate of drug-likeness (QED) is 0.436. The van der Waals surface area contributed by atoms with E-state index < -0.39 is 0 Å². The van der Waals surface area contributed by atoms with Gasteiger partial charge in [-0.15, -0.1) is 0 Å². The molecule has 29 heavy (non-hydrogen) atoms. The molecule has 0 saturated carbocycles. The molecule has 4 heteroatoms. The predicted octanol–water partition coefficient (Wildman–Crippen LogP) is 5.69. The second-order valence-electron chi connectivity index (χ2n) is 8.07. The van der Waals surface area contributed by atoms with Crippen molar-refractivity contribution in [2.24, 2.45) is 5.10 Å². The van der Waals surface area contributed by atoms with E-state index in [0.29, 0.717) is 12.2 Å². The van der Waals surface area contributed by atoms with Gasteiger partial charge < -0.3 is 4.74 Å². The van der Waals surface area contributed by atoms with Crippen LogP contribution in [0.4, 0.5) is 0 Å². The molecule has 0 spiro atoms. The van der Waals surface area contributed by atoms with Crippen LogP contribution in [0.15, 0.2) is 65.8 Å². The first-order valence-corrected chi connectivity index (χ1v) is 9.98. The van der Waals surface area contributed by atoms with Gasteiger partial charge in [-0.2, -0.15) is 5.10 Å². The van der Waals surface area contributed by atoms with Gasteiger partial charge >= 0.3 is 0 Å². The minimum atomic E-state index is -0.238. The Balaban J connectivity index is 1.80. The highest BCUT2D eigenvalue weighted by atomic mass is 16.5. The molecule has 150 valence electrons. The molecule has 0 atom stereocenters. The van der Waals surface area contributed by atoms with E-state index in [-0.39, 0.29) is 11.3 Å². The van der Waals surface area contributed by atoms with Crippen LogP contribution in [0.25, 0.3) is 10.8 Å². The molecule has 0 fully saturated rings. The lowest BCUT2D eigenvalue weighted by Gasteiger charge is -2.18. The first-order chi connectivity index (χ1) is 13.9. The lowest BCUT2D eigenvalue weighted by Crippen LogP contribution is -2.18. The van der Waals surface area contributed by atoms with Gasteiger partial charge in [0, 0.05) is 11.1 Å². The summed E-state index contributed by atoms with van der Waals surface area (Å²) in [4.78, 5) is 12.5. The Hall–Kier alpha value is -3.14. The fourth-order valence-electron chi connectivity index (χ4n) is 3.09. The molecule has 0 aliphatic carbocycles. The van der Waals surface area contributed by atoms with Crippen LogP contribution in [0.3, 0.4) is 0 Å². The molecule has 3 aromatic carbocycles. The van der Waals surface area contributed by atoms with Gasteiger partial charge in [-0.05, 0) is 46.4 Å². The second kappa shape index (κ2) is 8.91. The van der Waals surface area contributed by atoms with Crippen molar-refractivity contribution in [2.45, 2.75) is 39.5 Å². The van der Waals surface area contributed by atoms with Crippen LogP contribution in [0.1, 0.15) is 55.6 Å². The Morgan fingerprint density at radius 1 is 1.03 bits per heavy atom. The van der Waals surface area contributed by atoms with E-state index in [4.69, 9.17) is 4.74 Å². The highest BCUT2D eigenvalue weighted by molar-refractivity contribution is 6.03. The highest BCUT2D eigenvalue weighted by Crippen LogP contribution is 2.27. The molecule has 0 unspecified atom stereocenters. The molecule has 0 aliphatic rings. The topological polar surface area (TPSA) is 50.7 Å². The minimum Gasteiger partial charge on any atom is -0.493 e. The van der Waals surface area contributed by atoms with E-state index in [2.05, 4.69) is 38.2 Å². The second-order valence-corrected chi connectivity index (χ2v) is 8.07. The Bertz CT molecular complexity index is 1020. The molecule has 0 aromatic heterocycles. The summed E-state index contributed by atoms with van der Waals surface area (Å²) in [5, 5.41) is 6.34. The molecular weight excluding hydrogens is 360 g/mol. The average Bonchev–Trinajstić information content (AvgIpc) is 2.72. The number of rotatable bonds is 6. The van der Waals surface area contributed by atoms with Gasteiger partial charge in [0.15, 0.2) is 0 Å². The van der Waals surface area contributed by atoms with Crippen molar-refractivity contribution in [3.63, 3.8) is 0 Å². The highest BCUT2D eigenvalue weighted by Gasteiger charge is 2.14. The van der Waals surface area contributed by atoms with E-state index in [1.165, 1.54) is 5.56 Å². The van der Waals surface area contributed by atoms with Crippen LogP contribution >= 0.6 is 0 Å². The first kappa shape index (κ1) is 20.6. The van der Waals surface area contributed by atoms with Crippen LogP contribution in [0.5, 0.6) is 5.75 Å². The summed E-state index contributed by atoms with van der Waals surface area (Å²) >= 11 is 0. The van der Waals surface area contributed by atoms with Crippen LogP contribution in [0, 0.1) is 0 Å². The SMILES string of the molecule is CCCOc1ccc2ccccc2c1/C=N\NC(=O)c1ccc(C(C)(C)C)cc1. The third kappa shape index (κ3) is 5.02. The number of carbonyl (C=O) groups excluding carboxylic acids is 1. The maximum absolute atomic E-state index is 12.5. The van der Waals surface area contributed by atoms with Crippen LogP contribution < -0.4 is 10.2 Å².